The average Bonchev–Trinajstić information content (AvgIpc) is 3.35. The number of carbonyl (C=O) groups is 1. The lowest BCUT2D eigenvalue weighted by molar-refractivity contribution is -0.138. The Morgan fingerprint density at radius 1 is 0.904 bits per heavy atom. The largest absolute Gasteiger partial charge is 0.416 e. The van der Waals surface area contributed by atoms with Crippen LogP contribution in [0.15, 0.2) is 65.6 Å². The van der Waals surface area contributed by atoms with Crippen LogP contribution in [0.1, 0.15) is 68.0 Å². The molecule has 4 N–H and O–H groups in total. The molecule has 1 fully saturated rings. The molecule has 2 aromatic carbocycles. The summed E-state index contributed by atoms with van der Waals surface area (Å²) in [6.07, 6.45) is -10.8. The highest BCUT2D eigenvalue weighted by atomic mass is 32.2. The number of carbonyl (C=O) groups excluding carboxylic acids is 1. The third-order valence-electron chi connectivity index (χ3n) is 8.57. The van der Waals surface area contributed by atoms with E-state index in [4.69, 9.17) is 4.74 Å². The molecular weight excluding hydrogens is 737 g/mol. The van der Waals surface area contributed by atoms with Crippen LogP contribution in [0.3, 0.4) is 0 Å². The molecular formula is C35H41F6N3O6S2. The van der Waals surface area contributed by atoms with Gasteiger partial charge in [0.2, 0.25) is 5.91 Å². The highest BCUT2D eigenvalue weighted by molar-refractivity contribution is 7.99. The first-order chi connectivity index (χ1) is 24.4. The van der Waals surface area contributed by atoms with Gasteiger partial charge in [-0.2, -0.15) is 54.9 Å². The lowest BCUT2D eigenvalue weighted by Crippen LogP contribution is -2.36. The minimum atomic E-state index is -4.44. The number of ether oxygens (including phenoxy) is 1. The fourth-order valence-corrected chi connectivity index (χ4v) is 7.92. The second-order valence-electron chi connectivity index (χ2n) is 13.3. The molecule has 5 atom stereocenters. The summed E-state index contributed by atoms with van der Waals surface area (Å²) in [4.78, 5) is 29.5. The normalized spacial score (nSPS) is 20.2. The van der Waals surface area contributed by atoms with Gasteiger partial charge in [-0.05, 0) is 71.9 Å². The summed E-state index contributed by atoms with van der Waals surface area (Å²) in [5, 5.41) is 32.2. The molecule has 0 spiro atoms. The number of alkyl halides is 6. The first kappa shape index (κ1) is 41.7. The van der Waals surface area contributed by atoms with E-state index in [-0.39, 0.29) is 17.5 Å². The standard InChI is InChI=1S/C35H41F6N3O6S2/c1-33(2,17-28(46)42-27-12-15-44(32(49)43-27)31-30(48)29(47)26(18-45)50-31)14-11-25(52-20-22-5-9-24(10-6-22)35(39,40)41)13-16-51-19-21-3-7-23(8-4-21)34(36,37)38/h3-10,12,15,25-26,29-31,45,47-48H,11,13-14,16-20H2,1-2H3,(H,42,43,46,49)/t25?,26-,29+,30?,31-/m1/s1. The molecule has 0 saturated carbocycles. The van der Waals surface area contributed by atoms with Gasteiger partial charge in [-0.25, -0.2) is 4.79 Å². The van der Waals surface area contributed by atoms with Crippen LogP contribution >= 0.6 is 23.5 Å². The van der Waals surface area contributed by atoms with Crippen LogP contribution < -0.4 is 11.0 Å². The second kappa shape index (κ2) is 17.8. The van der Waals surface area contributed by atoms with Gasteiger partial charge in [-0.3, -0.25) is 9.36 Å². The van der Waals surface area contributed by atoms with Crippen molar-refractivity contribution in [3.8, 4) is 0 Å². The van der Waals surface area contributed by atoms with Gasteiger partial charge >= 0.3 is 18.0 Å². The molecule has 1 aromatic heterocycles. The summed E-state index contributed by atoms with van der Waals surface area (Å²) < 4.78 is 84.1. The van der Waals surface area contributed by atoms with E-state index >= 15 is 0 Å². The maximum absolute atomic E-state index is 13.0. The Bertz CT molecular complexity index is 1670. The van der Waals surface area contributed by atoms with Gasteiger partial charge in [0.05, 0.1) is 17.7 Å². The number of rotatable bonds is 16. The Balaban J connectivity index is 1.33. The summed E-state index contributed by atoms with van der Waals surface area (Å²) in [5.41, 5.74) is -1.31. The van der Waals surface area contributed by atoms with Crippen molar-refractivity contribution in [2.24, 2.45) is 5.41 Å². The first-order valence-electron chi connectivity index (χ1n) is 16.4. The summed E-state index contributed by atoms with van der Waals surface area (Å²) in [6.45, 7) is 3.26. The van der Waals surface area contributed by atoms with Crippen molar-refractivity contribution in [2.45, 2.75) is 93.2 Å². The zero-order valence-electron chi connectivity index (χ0n) is 28.4. The fourth-order valence-electron chi connectivity index (χ4n) is 5.56. The van der Waals surface area contributed by atoms with Crippen LogP contribution in [0.25, 0.3) is 0 Å². The van der Waals surface area contributed by atoms with Gasteiger partial charge in [0.25, 0.3) is 0 Å². The molecule has 3 aromatic rings. The number of thioether (sulfide) groups is 2. The van der Waals surface area contributed by atoms with Gasteiger partial charge < -0.3 is 25.4 Å². The number of halogens is 6. The summed E-state index contributed by atoms with van der Waals surface area (Å²) in [6, 6.07) is 11.3. The van der Waals surface area contributed by atoms with E-state index in [0.717, 1.165) is 40.0 Å². The number of hydrogen-bond donors (Lipinski definition) is 4. The quantitative estimate of drug-likeness (QED) is 0.0932. The number of benzene rings is 2. The lowest BCUT2D eigenvalue weighted by Gasteiger charge is -2.27. The third kappa shape index (κ3) is 12.0. The summed E-state index contributed by atoms with van der Waals surface area (Å²) in [7, 11) is 0. The number of hydrogen-bond acceptors (Lipinski definition) is 9. The number of aliphatic hydroxyl groups is 3. The van der Waals surface area contributed by atoms with E-state index in [1.165, 1.54) is 36.5 Å². The van der Waals surface area contributed by atoms with Crippen LogP contribution in [0, 0.1) is 5.41 Å². The molecule has 0 aliphatic carbocycles. The van der Waals surface area contributed by atoms with Gasteiger partial charge in [-0.1, -0.05) is 38.1 Å². The van der Waals surface area contributed by atoms with Crippen molar-refractivity contribution < 1.29 is 51.2 Å². The minimum absolute atomic E-state index is 0.0242. The molecule has 2 unspecified atom stereocenters. The molecule has 0 bridgehead atoms. The van der Waals surface area contributed by atoms with Crippen LogP contribution in [-0.4, -0.2) is 66.7 Å². The number of nitrogens with zero attached hydrogens (tertiary/aromatic N) is 2. The first-order valence-corrected chi connectivity index (χ1v) is 18.6. The molecule has 0 radical (unpaired) electrons. The lowest BCUT2D eigenvalue weighted by atomic mass is 9.83. The van der Waals surface area contributed by atoms with Gasteiger partial charge in [0.15, 0.2) is 6.23 Å². The van der Waals surface area contributed by atoms with Gasteiger partial charge in [-0.15, -0.1) is 0 Å². The van der Waals surface area contributed by atoms with Crippen LogP contribution in [0.5, 0.6) is 0 Å². The fraction of sp³-hybridized carbons (Fsp3) is 0.514. The smallest absolute Gasteiger partial charge is 0.394 e. The zero-order valence-corrected chi connectivity index (χ0v) is 30.0. The molecule has 1 amide bonds. The predicted molar refractivity (Wildman–Crippen MR) is 187 cm³/mol. The van der Waals surface area contributed by atoms with Gasteiger partial charge in [0.1, 0.15) is 24.1 Å². The number of amides is 1. The molecule has 4 rings (SSSR count). The van der Waals surface area contributed by atoms with E-state index < -0.39 is 71.6 Å². The summed E-state index contributed by atoms with van der Waals surface area (Å²) >= 11 is 3.16. The maximum Gasteiger partial charge on any atom is 0.416 e. The average molecular weight is 778 g/mol. The molecule has 17 heteroatoms. The third-order valence-corrected chi connectivity index (χ3v) is 11.1. The van der Waals surface area contributed by atoms with Crippen molar-refractivity contribution >= 4 is 35.2 Å². The highest BCUT2D eigenvalue weighted by Crippen LogP contribution is 2.35. The zero-order chi connectivity index (χ0) is 38.3. The Labute approximate surface area is 305 Å². The predicted octanol–water partition coefficient (Wildman–Crippen LogP) is 6.65. The molecule has 1 saturated heterocycles. The van der Waals surface area contributed by atoms with Gasteiger partial charge in [0, 0.05) is 29.4 Å². The van der Waals surface area contributed by atoms with Crippen LogP contribution in [-0.2, 0) is 33.4 Å². The molecule has 1 aliphatic rings. The van der Waals surface area contributed by atoms with E-state index in [9.17, 15) is 51.3 Å². The van der Waals surface area contributed by atoms with E-state index in [2.05, 4.69) is 10.3 Å². The molecule has 1 aliphatic heterocycles. The van der Waals surface area contributed by atoms with Crippen LogP contribution in [0.2, 0.25) is 0 Å². The SMILES string of the molecule is CC(C)(CCC(CCSCc1ccc(C(F)(F)F)cc1)SCc1ccc(C(F)(F)F)cc1)CC(=O)Nc1ccn([C@@H]2O[C@H](CO)[C@H](O)C2O)c(=O)n1. The van der Waals surface area contributed by atoms with E-state index in [1.807, 2.05) is 13.8 Å². The van der Waals surface area contributed by atoms with Crippen molar-refractivity contribution in [2.75, 3.05) is 17.7 Å². The maximum atomic E-state index is 13.0. The van der Waals surface area contributed by atoms with Crippen molar-refractivity contribution in [1.82, 2.24) is 9.55 Å². The van der Waals surface area contributed by atoms with Crippen molar-refractivity contribution in [1.29, 1.82) is 0 Å². The van der Waals surface area contributed by atoms with Crippen molar-refractivity contribution in [3.63, 3.8) is 0 Å². The van der Waals surface area contributed by atoms with Crippen molar-refractivity contribution in [3.05, 3.63) is 93.5 Å². The molecule has 286 valence electrons. The summed E-state index contributed by atoms with van der Waals surface area (Å²) in [5.74, 6) is 1.24. The number of anilines is 1. The highest BCUT2D eigenvalue weighted by Gasteiger charge is 2.43. The van der Waals surface area contributed by atoms with Crippen LogP contribution in [0.4, 0.5) is 32.2 Å². The molecule has 9 nitrogen and oxygen atoms in total. The Morgan fingerprint density at radius 2 is 1.48 bits per heavy atom. The van der Waals surface area contributed by atoms with E-state index in [0.29, 0.717) is 36.5 Å². The number of aromatic nitrogens is 2. The Morgan fingerprint density at radius 3 is 2.00 bits per heavy atom. The topological polar surface area (TPSA) is 134 Å². The van der Waals surface area contributed by atoms with E-state index in [1.54, 1.807) is 23.5 Å². The number of aliphatic hydroxyl groups excluding tert-OH is 3. The monoisotopic (exact) mass is 777 g/mol. The Kier molecular flexibility index (Phi) is 14.3. The Hall–Kier alpha value is -3.09. The minimum Gasteiger partial charge on any atom is -0.394 e. The number of nitrogens with one attached hydrogen (secondary N) is 1. The molecule has 2 heterocycles. The second-order valence-corrected chi connectivity index (χ2v) is 15.7. The molecule has 52 heavy (non-hydrogen) atoms.